The summed E-state index contributed by atoms with van der Waals surface area (Å²) in [5, 5.41) is 14.0. The number of esters is 1. The maximum absolute atomic E-state index is 12.0. The Bertz CT molecular complexity index is 657. The number of hydrogen-bond donors (Lipinski definition) is 1. The molecule has 0 aliphatic carbocycles. The Balaban J connectivity index is 3.01. The molecule has 1 aromatic rings. The number of carbonyl (C=O) groups is 2. The lowest BCUT2D eigenvalue weighted by atomic mass is 10.0. The van der Waals surface area contributed by atoms with Crippen molar-refractivity contribution in [2.24, 2.45) is 0 Å². The van der Waals surface area contributed by atoms with Crippen LogP contribution in [0.15, 0.2) is 18.2 Å². The van der Waals surface area contributed by atoms with Crippen molar-refractivity contribution in [3.63, 3.8) is 0 Å². The molecule has 0 aliphatic rings. The smallest absolute Gasteiger partial charge is 0.407 e. The van der Waals surface area contributed by atoms with E-state index in [1.165, 1.54) is 25.3 Å². The predicted molar refractivity (Wildman–Crippen MR) is 91.6 cm³/mol. The van der Waals surface area contributed by atoms with Gasteiger partial charge in [-0.05, 0) is 32.9 Å². The van der Waals surface area contributed by atoms with Crippen LogP contribution in [0.25, 0.3) is 0 Å². The van der Waals surface area contributed by atoms with Crippen LogP contribution < -0.4 is 5.32 Å². The van der Waals surface area contributed by atoms with Gasteiger partial charge < -0.3 is 14.8 Å². The molecule has 0 aromatic heterocycles. The van der Waals surface area contributed by atoms with E-state index in [9.17, 15) is 19.7 Å². The molecule has 8 nitrogen and oxygen atoms in total. The number of benzene rings is 1. The average Bonchev–Trinajstić information content (AvgIpc) is 2.44. The first-order valence-corrected chi connectivity index (χ1v) is 7.88. The number of nitrogens with one attached hydrogen (secondary N) is 1. The number of nitrogens with zero attached hydrogens (tertiary/aromatic N) is 1. The van der Waals surface area contributed by atoms with Crippen LogP contribution in [0.3, 0.4) is 0 Å². The highest BCUT2D eigenvalue weighted by Gasteiger charge is 2.25. The zero-order chi connectivity index (χ0) is 19.2. The molecular weight excluding hydrogens is 352 g/mol. The van der Waals surface area contributed by atoms with Gasteiger partial charge in [0.25, 0.3) is 5.69 Å². The maximum Gasteiger partial charge on any atom is 0.407 e. The van der Waals surface area contributed by atoms with Crippen molar-refractivity contribution in [3.8, 4) is 0 Å². The molecule has 0 fully saturated rings. The van der Waals surface area contributed by atoms with Crippen LogP contribution in [0, 0.1) is 10.1 Å². The fourth-order valence-corrected chi connectivity index (χ4v) is 2.29. The van der Waals surface area contributed by atoms with E-state index in [4.69, 9.17) is 16.3 Å². The van der Waals surface area contributed by atoms with E-state index < -0.39 is 28.6 Å². The third-order valence-corrected chi connectivity index (χ3v) is 3.30. The number of ether oxygens (including phenoxy) is 2. The minimum atomic E-state index is -0.750. The molecule has 0 heterocycles. The van der Waals surface area contributed by atoms with Crippen LogP contribution in [0.2, 0.25) is 5.02 Å². The molecule has 9 heteroatoms. The summed E-state index contributed by atoms with van der Waals surface area (Å²) in [5.41, 5.74) is -0.574. The second-order valence-corrected chi connectivity index (χ2v) is 6.79. The SMILES string of the molecule is COC(=O)CC(Cc1cc(Cl)ccc1[N+](=O)[O-])NC(=O)OC(C)(C)C. The molecule has 0 spiro atoms. The summed E-state index contributed by atoms with van der Waals surface area (Å²) in [5.74, 6) is -0.564. The zero-order valence-corrected chi connectivity index (χ0v) is 15.3. The average molecular weight is 373 g/mol. The molecule has 0 aliphatic heterocycles. The molecule has 1 aromatic carbocycles. The van der Waals surface area contributed by atoms with Crippen molar-refractivity contribution in [1.82, 2.24) is 5.32 Å². The van der Waals surface area contributed by atoms with E-state index >= 15 is 0 Å². The third kappa shape index (κ3) is 7.38. The van der Waals surface area contributed by atoms with E-state index in [1.54, 1.807) is 20.8 Å². The standard InChI is InChI=1S/C16H21ClN2O6/c1-16(2,3)25-15(21)18-12(9-14(20)24-4)8-10-7-11(17)5-6-13(10)19(22)23/h5-7,12H,8-9H2,1-4H3,(H,18,21). The van der Waals surface area contributed by atoms with Gasteiger partial charge in [-0.3, -0.25) is 14.9 Å². The maximum atomic E-state index is 12.0. The summed E-state index contributed by atoms with van der Waals surface area (Å²) >= 11 is 5.90. The summed E-state index contributed by atoms with van der Waals surface area (Å²) in [6.45, 7) is 5.09. The summed E-state index contributed by atoms with van der Waals surface area (Å²) in [4.78, 5) is 34.2. The fourth-order valence-electron chi connectivity index (χ4n) is 2.09. The number of amides is 1. The van der Waals surface area contributed by atoms with Crippen molar-refractivity contribution in [2.45, 2.75) is 45.3 Å². The molecule has 25 heavy (non-hydrogen) atoms. The summed E-state index contributed by atoms with van der Waals surface area (Å²) in [6, 6.07) is 3.36. The Kier molecular flexibility index (Phi) is 7.17. The Labute approximate surface area is 150 Å². The molecule has 1 rings (SSSR count). The van der Waals surface area contributed by atoms with Crippen LogP contribution in [0.5, 0.6) is 0 Å². The van der Waals surface area contributed by atoms with Gasteiger partial charge in [0.1, 0.15) is 5.60 Å². The normalized spacial score (nSPS) is 12.2. The second kappa shape index (κ2) is 8.66. The van der Waals surface area contributed by atoms with Crippen molar-refractivity contribution in [3.05, 3.63) is 38.9 Å². The Morgan fingerprint density at radius 3 is 2.52 bits per heavy atom. The first-order valence-electron chi connectivity index (χ1n) is 7.51. The number of nitro benzene ring substituents is 1. The van der Waals surface area contributed by atoms with Gasteiger partial charge in [-0.15, -0.1) is 0 Å². The van der Waals surface area contributed by atoms with Crippen molar-refractivity contribution < 1.29 is 24.0 Å². The van der Waals surface area contributed by atoms with Gasteiger partial charge >= 0.3 is 12.1 Å². The largest absolute Gasteiger partial charge is 0.469 e. The number of nitro groups is 1. The van der Waals surface area contributed by atoms with Crippen LogP contribution in [-0.4, -0.2) is 35.7 Å². The van der Waals surface area contributed by atoms with E-state index in [0.29, 0.717) is 10.6 Å². The van der Waals surface area contributed by atoms with Gasteiger partial charge in [0.2, 0.25) is 0 Å². The van der Waals surface area contributed by atoms with E-state index in [0.717, 1.165) is 0 Å². The van der Waals surface area contributed by atoms with Gasteiger partial charge in [0.15, 0.2) is 0 Å². The predicted octanol–water partition coefficient (Wildman–Crippen LogP) is 3.25. The minimum Gasteiger partial charge on any atom is -0.469 e. The summed E-state index contributed by atoms with van der Waals surface area (Å²) < 4.78 is 9.77. The lowest BCUT2D eigenvalue weighted by molar-refractivity contribution is -0.385. The molecule has 1 unspecified atom stereocenters. The molecule has 0 bridgehead atoms. The second-order valence-electron chi connectivity index (χ2n) is 6.36. The number of halogens is 1. The van der Waals surface area contributed by atoms with Crippen molar-refractivity contribution in [1.29, 1.82) is 0 Å². The van der Waals surface area contributed by atoms with Gasteiger partial charge in [0, 0.05) is 29.1 Å². The van der Waals surface area contributed by atoms with Gasteiger partial charge in [-0.25, -0.2) is 4.79 Å². The molecule has 138 valence electrons. The van der Waals surface area contributed by atoms with E-state index in [2.05, 4.69) is 10.1 Å². The van der Waals surface area contributed by atoms with Gasteiger partial charge in [0.05, 0.1) is 18.5 Å². The topological polar surface area (TPSA) is 108 Å². The number of carbonyl (C=O) groups excluding carboxylic acids is 2. The molecule has 1 atom stereocenters. The number of methoxy groups -OCH3 is 1. The van der Waals surface area contributed by atoms with Crippen LogP contribution in [-0.2, 0) is 20.7 Å². The lowest BCUT2D eigenvalue weighted by Gasteiger charge is -2.23. The highest BCUT2D eigenvalue weighted by Crippen LogP contribution is 2.24. The first kappa shape index (κ1) is 20.7. The van der Waals surface area contributed by atoms with Crippen molar-refractivity contribution in [2.75, 3.05) is 7.11 Å². The first-order chi connectivity index (χ1) is 11.5. The van der Waals surface area contributed by atoms with Crippen LogP contribution >= 0.6 is 11.6 Å². The highest BCUT2D eigenvalue weighted by molar-refractivity contribution is 6.30. The molecule has 0 radical (unpaired) electrons. The van der Waals surface area contributed by atoms with Gasteiger partial charge in [-0.2, -0.15) is 0 Å². The quantitative estimate of drug-likeness (QED) is 0.466. The monoisotopic (exact) mass is 372 g/mol. The summed E-state index contributed by atoms with van der Waals surface area (Å²) in [6.07, 6.45) is -0.879. The number of rotatable bonds is 6. The van der Waals surface area contributed by atoms with E-state index in [1.807, 2.05) is 0 Å². The molecule has 0 saturated carbocycles. The molecule has 1 amide bonds. The Hall–Kier alpha value is -2.35. The lowest BCUT2D eigenvalue weighted by Crippen LogP contribution is -2.41. The Morgan fingerprint density at radius 1 is 1.36 bits per heavy atom. The molecule has 0 saturated heterocycles. The molecule has 1 N–H and O–H groups in total. The van der Waals surface area contributed by atoms with Crippen molar-refractivity contribution >= 4 is 29.4 Å². The molecular formula is C16H21ClN2O6. The Morgan fingerprint density at radius 2 is 2.00 bits per heavy atom. The summed E-state index contributed by atoms with van der Waals surface area (Å²) in [7, 11) is 1.22. The van der Waals surface area contributed by atoms with E-state index in [-0.39, 0.29) is 18.5 Å². The number of alkyl carbamates (subject to hydrolysis) is 1. The fraction of sp³-hybridized carbons (Fsp3) is 0.500. The van der Waals surface area contributed by atoms with Gasteiger partial charge in [-0.1, -0.05) is 11.6 Å². The van der Waals surface area contributed by atoms with Crippen LogP contribution in [0.1, 0.15) is 32.8 Å². The zero-order valence-electron chi connectivity index (χ0n) is 14.5. The minimum absolute atomic E-state index is 0.0191. The number of hydrogen-bond acceptors (Lipinski definition) is 6. The highest BCUT2D eigenvalue weighted by atomic mass is 35.5. The third-order valence-electron chi connectivity index (χ3n) is 3.07. The van der Waals surface area contributed by atoms with Crippen LogP contribution in [0.4, 0.5) is 10.5 Å².